The van der Waals surface area contributed by atoms with Gasteiger partial charge < -0.3 is 20.2 Å². The smallest absolute Gasteiger partial charge is 0.134 e. The van der Waals surface area contributed by atoms with E-state index in [0.29, 0.717) is 0 Å². The molecule has 0 amide bonds. The number of hydrogen-bond donors (Lipinski definition) is 1. The molecule has 0 saturated heterocycles. The molecule has 0 saturated carbocycles. The number of hydrogen-bond acceptors (Lipinski definition) is 6. The first-order chi connectivity index (χ1) is 5.83. The van der Waals surface area contributed by atoms with Crippen molar-refractivity contribution in [2.24, 2.45) is 0 Å². The fraction of sp³-hybridized carbons (Fsp3) is 0.800. The summed E-state index contributed by atoms with van der Waals surface area (Å²) in [4.78, 5) is 10.1. The summed E-state index contributed by atoms with van der Waals surface area (Å²) in [6.07, 6.45) is 0. The van der Waals surface area contributed by atoms with Gasteiger partial charge in [-0.15, -0.1) is 0 Å². The van der Waals surface area contributed by atoms with Crippen LogP contribution in [0.5, 0.6) is 0 Å². The lowest BCUT2D eigenvalue weighted by atomic mass is 10.4. The molecule has 0 fully saturated rings. The first-order valence-corrected chi connectivity index (χ1v) is 6.11. The van der Waals surface area contributed by atoms with Gasteiger partial charge in [0.25, 0.3) is 0 Å². The lowest BCUT2D eigenvalue weighted by Crippen LogP contribution is -2.69. The molecule has 0 bridgehead atoms. The Morgan fingerprint density at radius 3 is 2.46 bits per heavy atom. The summed E-state index contributed by atoms with van der Waals surface area (Å²) < 4.78 is 30.3. The fourth-order valence-electron chi connectivity index (χ4n) is 0.455. The van der Waals surface area contributed by atoms with Crippen LogP contribution in [0.1, 0.15) is 0 Å². The Bertz CT molecular complexity index is 262. The fourth-order valence-corrected chi connectivity index (χ4v) is 2.33. The topological polar surface area (TPSA) is 125 Å². The Labute approximate surface area is 80.2 Å². The molecule has 0 aromatic heterocycles. The first kappa shape index (κ1) is 12.7. The van der Waals surface area contributed by atoms with E-state index in [4.69, 9.17) is 0 Å². The molecule has 78 valence electrons. The van der Waals surface area contributed by atoms with E-state index < -0.39 is 27.9 Å². The highest BCUT2D eigenvalue weighted by Crippen LogP contribution is 2.01. The number of thioether (sulfide) groups is 1. The minimum atomic E-state index is -4.20. The zero-order valence-corrected chi connectivity index (χ0v) is 8.40. The normalized spacial score (nSPS) is 14.0. The van der Waals surface area contributed by atoms with Gasteiger partial charge in [-0.3, -0.25) is 0 Å². The van der Waals surface area contributed by atoms with Gasteiger partial charge in [-0.1, -0.05) is 0 Å². The summed E-state index contributed by atoms with van der Waals surface area (Å²) in [6, 6.07) is -0.876. The van der Waals surface area contributed by atoms with Crippen molar-refractivity contribution in [2.75, 3.05) is 17.3 Å². The number of carbonyl (C=O) groups is 1. The zero-order chi connectivity index (χ0) is 10.5. The zero-order valence-electron chi connectivity index (χ0n) is 6.76. The second kappa shape index (κ2) is 5.43. The number of carbonyl (C=O) groups excluding carboxylic acids is 1. The second-order valence-electron chi connectivity index (χ2n) is 2.35. The van der Waals surface area contributed by atoms with Crippen LogP contribution in [0.4, 0.5) is 0 Å². The highest BCUT2D eigenvalue weighted by molar-refractivity contribution is 8.00. The quantitative estimate of drug-likeness (QED) is 0.373. The van der Waals surface area contributed by atoms with E-state index in [2.05, 4.69) is 5.73 Å². The molecule has 1 atom stereocenters. The molecule has 8 heteroatoms. The van der Waals surface area contributed by atoms with E-state index in [1.54, 1.807) is 0 Å². The molecule has 0 aliphatic carbocycles. The van der Waals surface area contributed by atoms with Crippen LogP contribution in [-0.2, 0) is 14.9 Å². The molecule has 0 aromatic rings. The molecule has 0 unspecified atom stereocenters. The molecular formula is C5H10NO5S2-. The van der Waals surface area contributed by atoms with Crippen molar-refractivity contribution >= 4 is 27.8 Å². The van der Waals surface area contributed by atoms with Crippen molar-refractivity contribution in [3.63, 3.8) is 0 Å². The second-order valence-corrected chi connectivity index (χ2v) is 5.03. The van der Waals surface area contributed by atoms with Crippen molar-refractivity contribution in [3.8, 4) is 0 Å². The molecular weight excluding hydrogens is 218 g/mol. The van der Waals surface area contributed by atoms with Crippen molar-refractivity contribution in [3.05, 3.63) is 0 Å². The SMILES string of the molecule is [NH3+][C@@H](CSCCS(=O)(=O)[O-])C(=O)[O-]. The lowest BCUT2D eigenvalue weighted by molar-refractivity contribution is -0.431. The Hall–Kier alpha value is -0.310. The molecule has 0 aromatic carbocycles. The lowest BCUT2D eigenvalue weighted by Gasteiger charge is -2.09. The maximum Gasteiger partial charge on any atom is 0.134 e. The maximum atomic E-state index is 10.1. The van der Waals surface area contributed by atoms with Gasteiger partial charge in [0.15, 0.2) is 0 Å². The molecule has 6 nitrogen and oxygen atoms in total. The van der Waals surface area contributed by atoms with E-state index in [-0.39, 0.29) is 11.5 Å². The predicted octanol–water partition coefficient (Wildman–Crippen LogP) is -3.37. The Morgan fingerprint density at radius 1 is 1.54 bits per heavy atom. The predicted molar refractivity (Wildman–Crippen MR) is 43.6 cm³/mol. The number of quaternary nitrogens is 1. The molecule has 0 radical (unpaired) electrons. The third-order valence-corrected chi connectivity index (χ3v) is 3.22. The molecule has 0 aliphatic rings. The summed E-state index contributed by atoms with van der Waals surface area (Å²) in [5.41, 5.74) is 3.26. The van der Waals surface area contributed by atoms with Crippen molar-refractivity contribution in [1.82, 2.24) is 0 Å². The van der Waals surface area contributed by atoms with Gasteiger partial charge >= 0.3 is 0 Å². The van der Waals surface area contributed by atoms with Crippen LogP contribution in [0, 0.1) is 0 Å². The van der Waals surface area contributed by atoms with Gasteiger partial charge in [0.1, 0.15) is 6.04 Å². The van der Waals surface area contributed by atoms with Crippen LogP contribution in [0.25, 0.3) is 0 Å². The molecule has 0 heterocycles. The Kier molecular flexibility index (Phi) is 5.30. The van der Waals surface area contributed by atoms with Crippen LogP contribution in [0.3, 0.4) is 0 Å². The molecule has 0 rings (SSSR count). The molecule has 13 heavy (non-hydrogen) atoms. The van der Waals surface area contributed by atoms with Crippen molar-refractivity contribution in [2.45, 2.75) is 6.04 Å². The van der Waals surface area contributed by atoms with E-state index in [0.717, 1.165) is 11.8 Å². The standard InChI is InChI=1S/C5H11NO5S2/c6-4(5(7)8)3-12-1-2-13(9,10)11/h4H,1-3,6H2,(H,7,8)(H,9,10,11)/p-1/t4-/m0/s1. The molecule has 3 N–H and O–H groups in total. The number of rotatable bonds is 6. The van der Waals surface area contributed by atoms with Gasteiger partial charge in [-0.2, -0.15) is 11.8 Å². The van der Waals surface area contributed by atoms with Crippen molar-refractivity contribution < 1.29 is 28.6 Å². The number of carboxylic acid groups (broad SMARTS) is 1. The van der Waals surface area contributed by atoms with Crippen LogP contribution < -0.4 is 10.8 Å². The monoisotopic (exact) mass is 228 g/mol. The average Bonchev–Trinajstić information content (AvgIpc) is 1.95. The van der Waals surface area contributed by atoms with Crippen LogP contribution in [-0.4, -0.2) is 42.2 Å². The largest absolute Gasteiger partial charge is 0.748 e. The highest BCUT2D eigenvalue weighted by Gasteiger charge is 2.06. The summed E-state index contributed by atoms with van der Waals surface area (Å²) in [6.45, 7) is 0. The van der Waals surface area contributed by atoms with Crippen LogP contribution in [0.15, 0.2) is 0 Å². The first-order valence-electron chi connectivity index (χ1n) is 3.38. The summed E-state index contributed by atoms with van der Waals surface area (Å²) in [5.74, 6) is -1.53. The Morgan fingerprint density at radius 2 is 2.08 bits per heavy atom. The molecule has 0 aliphatic heterocycles. The van der Waals surface area contributed by atoms with Gasteiger partial charge in [0.05, 0.1) is 21.8 Å². The van der Waals surface area contributed by atoms with Gasteiger partial charge in [-0.05, 0) is 0 Å². The number of aliphatic carboxylic acids is 1. The average molecular weight is 228 g/mol. The third-order valence-electron chi connectivity index (χ3n) is 1.13. The minimum absolute atomic E-state index is 0.0884. The number of carboxylic acids is 1. The van der Waals surface area contributed by atoms with Gasteiger partial charge in [-0.25, -0.2) is 8.42 Å². The highest BCUT2D eigenvalue weighted by atomic mass is 32.2. The van der Waals surface area contributed by atoms with E-state index >= 15 is 0 Å². The Balaban J connectivity index is 3.53. The third kappa shape index (κ3) is 8.03. The van der Waals surface area contributed by atoms with Crippen LogP contribution >= 0.6 is 11.8 Å². The van der Waals surface area contributed by atoms with E-state index in [9.17, 15) is 22.9 Å². The summed E-state index contributed by atoms with van der Waals surface area (Å²) in [5, 5.41) is 10.1. The van der Waals surface area contributed by atoms with E-state index in [1.165, 1.54) is 0 Å². The van der Waals surface area contributed by atoms with Gasteiger partial charge in [0, 0.05) is 11.5 Å². The summed E-state index contributed by atoms with van der Waals surface area (Å²) in [7, 11) is -4.20. The van der Waals surface area contributed by atoms with Gasteiger partial charge in [0.2, 0.25) is 0 Å². The summed E-state index contributed by atoms with van der Waals surface area (Å²) >= 11 is 1.05. The maximum absolute atomic E-state index is 10.1. The van der Waals surface area contributed by atoms with Crippen LogP contribution in [0.2, 0.25) is 0 Å². The van der Waals surface area contributed by atoms with Crippen molar-refractivity contribution in [1.29, 1.82) is 0 Å². The van der Waals surface area contributed by atoms with E-state index in [1.807, 2.05) is 0 Å². The molecule has 0 spiro atoms. The minimum Gasteiger partial charge on any atom is -0.748 e.